The van der Waals surface area contributed by atoms with E-state index in [1.165, 1.54) is 0 Å². The fourth-order valence-corrected chi connectivity index (χ4v) is 3.59. The van der Waals surface area contributed by atoms with Gasteiger partial charge in [0, 0.05) is 5.69 Å². The van der Waals surface area contributed by atoms with Crippen molar-refractivity contribution in [2.75, 3.05) is 0 Å². The van der Waals surface area contributed by atoms with E-state index < -0.39 is 9.84 Å². The van der Waals surface area contributed by atoms with Gasteiger partial charge < -0.3 is 0 Å². The number of nitriles is 1. The van der Waals surface area contributed by atoms with Gasteiger partial charge in [-0.3, -0.25) is 0 Å². The highest BCUT2D eigenvalue weighted by Crippen LogP contribution is 2.21. The summed E-state index contributed by atoms with van der Waals surface area (Å²) < 4.78 is 24.9. The number of sulfone groups is 1. The molecular weight excluding hydrogens is 272 g/mol. The molecule has 1 aromatic carbocycles. The molecule has 0 unspecified atom stereocenters. The first-order chi connectivity index (χ1) is 9.44. The van der Waals surface area contributed by atoms with E-state index in [0.717, 1.165) is 0 Å². The normalized spacial score (nSPS) is 11.1. The lowest BCUT2D eigenvalue weighted by Gasteiger charge is -2.09. The van der Waals surface area contributed by atoms with Gasteiger partial charge in [0.15, 0.2) is 5.03 Å². The van der Waals surface area contributed by atoms with Crippen LogP contribution in [-0.4, -0.2) is 13.4 Å². The summed E-state index contributed by atoms with van der Waals surface area (Å²) in [5.41, 5.74) is 2.03. The highest BCUT2D eigenvalue weighted by molar-refractivity contribution is 7.90. The van der Waals surface area contributed by atoms with Gasteiger partial charge in [-0.2, -0.15) is 5.26 Å². The van der Waals surface area contributed by atoms with Crippen LogP contribution in [0.15, 0.2) is 41.4 Å². The zero-order valence-corrected chi connectivity index (χ0v) is 12.1. The van der Waals surface area contributed by atoms with Crippen LogP contribution in [-0.2, 0) is 15.6 Å². The SMILES string of the molecule is Cc1cc(C)c(C#N)c(S(=O)(=O)Cc2ccccc2)n1. The molecule has 0 saturated carbocycles. The minimum atomic E-state index is -3.63. The second-order valence-electron chi connectivity index (χ2n) is 4.62. The van der Waals surface area contributed by atoms with Crippen LogP contribution < -0.4 is 0 Å². The molecule has 0 atom stereocenters. The van der Waals surface area contributed by atoms with Crippen LogP contribution >= 0.6 is 0 Å². The molecule has 0 fully saturated rings. The van der Waals surface area contributed by atoms with Crippen molar-refractivity contribution in [2.24, 2.45) is 0 Å². The van der Waals surface area contributed by atoms with Crippen molar-refractivity contribution in [3.8, 4) is 6.07 Å². The number of aromatic nitrogens is 1. The van der Waals surface area contributed by atoms with Gasteiger partial charge >= 0.3 is 0 Å². The number of benzene rings is 1. The molecule has 0 radical (unpaired) electrons. The Morgan fingerprint density at radius 1 is 1.20 bits per heavy atom. The van der Waals surface area contributed by atoms with Gasteiger partial charge in [-0.15, -0.1) is 0 Å². The summed E-state index contributed by atoms with van der Waals surface area (Å²) in [4.78, 5) is 4.06. The van der Waals surface area contributed by atoms with Crippen LogP contribution in [0.1, 0.15) is 22.4 Å². The van der Waals surface area contributed by atoms with Gasteiger partial charge in [0.05, 0.1) is 11.3 Å². The molecule has 1 aromatic heterocycles. The van der Waals surface area contributed by atoms with Crippen molar-refractivity contribution in [3.05, 3.63) is 58.8 Å². The molecule has 0 saturated heterocycles. The Morgan fingerprint density at radius 2 is 1.85 bits per heavy atom. The van der Waals surface area contributed by atoms with Gasteiger partial charge in [0.2, 0.25) is 9.84 Å². The molecule has 5 heteroatoms. The highest BCUT2D eigenvalue weighted by atomic mass is 32.2. The van der Waals surface area contributed by atoms with Gasteiger partial charge in [-0.25, -0.2) is 13.4 Å². The number of hydrogen-bond donors (Lipinski definition) is 0. The van der Waals surface area contributed by atoms with E-state index in [2.05, 4.69) is 4.98 Å². The van der Waals surface area contributed by atoms with Crippen LogP contribution in [0, 0.1) is 25.2 Å². The minimum Gasteiger partial charge on any atom is -0.240 e. The minimum absolute atomic E-state index is 0.124. The fourth-order valence-electron chi connectivity index (χ4n) is 2.03. The Morgan fingerprint density at radius 3 is 2.45 bits per heavy atom. The van der Waals surface area contributed by atoms with Crippen LogP contribution in [0.5, 0.6) is 0 Å². The number of pyridine rings is 1. The van der Waals surface area contributed by atoms with Crippen molar-refractivity contribution in [1.82, 2.24) is 4.98 Å². The molecule has 102 valence electrons. The Bertz CT molecular complexity index is 776. The Balaban J connectivity index is 2.53. The van der Waals surface area contributed by atoms with Crippen LogP contribution in [0.3, 0.4) is 0 Å². The summed E-state index contributed by atoms with van der Waals surface area (Å²) in [6.07, 6.45) is 0. The lowest BCUT2D eigenvalue weighted by molar-refractivity contribution is 0.590. The maximum Gasteiger partial charge on any atom is 0.201 e. The fraction of sp³-hybridized carbons (Fsp3) is 0.200. The summed E-state index contributed by atoms with van der Waals surface area (Å²) >= 11 is 0. The first-order valence-electron chi connectivity index (χ1n) is 6.09. The van der Waals surface area contributed by atoms with E-state index in [0.29, 0.717) is 16.8 Å². The van der Waals surface area contributed by atoms with Crippen LogP contribution in [0.4, 0.5) is 0 Å². The maximum atomic E-state index is 12.5. The van der Waals surface area contributed by atoms with E-state index in [1.807, 2.05) is 12.1 Å². The molecule has 0 spiro atoms. The first-order valence-corrected chi connectivity index (χ1v) is 7.74. The summed E-state index contributed by atoms with van der Waals surface area (Å²) in [6, 6.07) is 12.5. The van der Waals surface area contributed by atoms with E-state index in [9.17, 15) is 8.42 Å². The largest absolute Gasteiger partial charge is 0.240 e. The molecule has 2 rings (SSSR count). The lowest BCUT2D eigenvalue weighted by atomic mass is 10.1. The van der Waals surface area contributed by atoms with Gasteiger partial charge in [-0.1, -0.05) is 30.3 Å². The zero-order chi connectivity index (χ0) is 14.8. The zero-order valence-electron chi connectivity index (χ0n) is 11.3. The standard InChI is InChI=1S/C15H14N2O2S/c1-11-8-12(2)17-15(14(11)9-16)20(18,19)10-13-6-4-3-5-7-13/h3-8H,10H2,1-2H3. The van der Waals surface area contributed by atoms with Crippen LogP contribution in [0.2, 0.25) is 0 Å². The molecule has 20 heavy (non-hydrogen) atoms. The van der Waals surface area contributed by atoms with Crippen molar-refractivity contribution in [2.45, 2.75) is 24.6 Å². The number of nitrogens with zero attached hydrogens (tertiary/aromatic N) is 2. The number of hydrogen-bond acceptors (Lipinski definition) is 4. The monoisotopic (exact) mass is 286 g/mol. The van der Waals surface area contributed by atoms with Gasteiger partial charge in [-0.05, 0) is 31.0 Å². The van der Waals surface area contributed by atoms with Crippen LogP contribution in [0.25, 0.3) is 0 Å². The third kappa shape index (κ3) is 2.86. The van der Waals surface area contributed by atoms with Gasteiger partial charge in [0.25, 0.3) is 0 Å². The predicted molar refractivity (Wildman–Crippen MR) is 75.8 cm³/mol. The second-order valence-corrected chi connectivity index (χ2v) is 6.52. The molecule has 0 aliphatic rings. The summed E-state index contributed by atoms with van der Waals surface area (Å²) in [7, 11) is -3.63. The highest BCUT2D eigenvalue weighted by Gasteiger charge is 2.23. The molecular formula is C15H14N2O2S. The molecule has 0 aliphatic carbocycles. The predicted octanol–water partition coefficient (Wildman–Crippen LogP) is 2.54. The molecule has 0 aliphatic heterocycles. The number of aryl methyl sites for hydroxylation is 2. The molecule has 0 N–H and O–H groups in total. The first kappa shape index (κ1) is 14.2. The number of rotatable bonds is 3. The topological polar surface area (TPSA) is 70.8 Å². The van der Waals surface area contributed by atoms with E-state index in [4.69, 9.17) is 5.26 Å². The third-order valence-corrected chi connectivity index (χ3v) is 4.52. The summed E-state index contributed by atoms with van der Waals surface area (Å²) in [6.45, 7) is 3.43. The van der Waals surface area contributed by atoms with E-state index >= 15 is 0 Å². The molecule has 1 heterocycles. The smallest absolute Gasteiger partial charge is 0.201 e. The maximum absolute atomic E-state index is 12.5. The molecule has 2 aromatic rings. The Kier molecular flexibility index (Phi) is 3.86. The third-order valence-electron chi connectivity index (χ3n) is 2.92. The summed E-state index contributed by atoms with van der Waals surface area (Å²) in [5, 5.41) is 9.04. The quantitative estimate of drug-likeness (QED) is 0.869. The molecule has 0 amide bonds. The summed E-state index contributed by atoms with van der Waals surface area (Å²) in [5.74, 6) is -0.154. The van der Waals surface area contributed by atoms with E-state index in [-0.39, 0.29) is 16.3 Å². The lowest BCUT2D eigenvalue weighted by Crippen LogP contribution is -2.11. The molecule has 4 nitrogen and oxygen atoms in total. The van der Waals surface area contributed by atoms with Crippen molar-refractivity contribution < 1.29 is 8.42 Å². The average Bonchev–Trinajstić information content (AvgIpc) is 2.38. The Hall–Kier alpha value is -2.19. The molecule has 0 bridgehead atoms. The van der Waals surface area contributed by atoms with Crippen molar-refractivity contribution >= 4 is 9.84 Å². The van der Waals surface area contributed by atoms with Crippen molar-refractivity contribution in [1.29, 1.82) is 5.26 Å². The van der Waals surface area contributed by atoms with E-state index in [1.54, 1.807) is 44.2 Å². The Labute approximate surface area is 118 Å². The average molecular weight is 286 g/mol. The van der Waals surface area contributed by atoms with Gasteiger partial charge in [0.1, 0.15) is 6.07 Å². The second kappa shape index (κ2) is 5.43. The van der Waals surface area contributed by atoms with Crippen molar-refractivity contribution in [3.63, 3.8) is 0 Å².